The Hall–Kier alpha value is -1.32. The average Bonchev–Trinajstić information content (AvgIpc) is 2.71. The van der Waals surface area contributed by atoms with Crippen LogP contribution in [0.5, 0.6) is 0 Å². The molecule has 0 spiro atoms. The number of carbonyl (C=O) groups is 1. The molecule has 1 amide bonds. The van der Waals surface area contributed by atoms with Gasteiger partial charge in [0, 0.05) is 25.0 Å². The predicted octanol–water partition coefficient (Wildman–Crippen LogP) is 1.21. The van der Waals surface area contributed by atoms with Crippen LogP contribution < -0.4 is 0 Å². The maximum absolute atomic E-state index is 11.9. The summed E-state index contributed by atoms with van der Waals surface area (Å²) >= 11 is 0. The van der Waals surface area contributed by atoms with Gasteiger partial charge in [-0.1, -0.05) is 6.92 Å². The number of amides is 1. The lowest BCUT2D eigenvalue weighted by Gasteiger charge is -2.30. The van der Waals surface area contributed by atoms with E-state index in [9.17, 15) is 4.79 Å². The molecule has 1 aliphatic rings. The van der Waals surface area contributed by atoms with Crippen molar-refractivity contribution in [2.75, 3.05) is 13.1 Å². The van der Waals surface area contributed by atoms with Gasteiger partial charge in [0.1, 0.15) is 0 Å². The Kier molecular flexibility index (Phi) is 3.04. The molecular formula is C11H17N3O. The first-order valence-electron chi connectivity index (χ1n) is 5.51. The standard InChI is InChI=1S/C11H17N3O/c1-9-3-6-14(7-4-9)11(15)8-10-2-5-12-13-10/h2,5,9H,3-4,6-8H2,1H3,(H,12,13). The van der Waals surface area contributed by atoms with Crippen LogP contribution in [0.2, 0.25) is 0 Å². The molecule has 0 unspecified atom stereocenters. The molecule has 1 N–H and O–H groups in total. The third kappa shape index (κ3) is 2.58. The van der Waals surface area contributed by atoms with Crippen molar-refractivity contribution < 1.29 is 4.79 Å². The highest BCUT2D eigenvalue weighted by Crippen LogP contribution is 2.16. The Morgan fingerprint density at radius 3 is 2.93 bits per heavy atom. The van der Waals surface area contributed by atoms with E-state index in [0.717, 1.165) is 37.5 Å². The van der Waals surface area contributed by atoms with E-state index < -0.39 is 0 Å². The zero-order valence-electron chi connectivity index (χ0n) is 9.07. The Morgan fingerprint density at radius 1 is 1.60 bits per heavy atom. The molecule has 4 heteroatoms. The number of likely N-dealkylation sites (tertiary alicyclic amines) is 1. The smallest absolute Gasteiger partial charge is 0.228 e. The maximum Gasteiger partial charge on any atom is 0.228 e. The van der Waals surface area contributed by atoms with Gasteiger partial charge in [0.15, 0.2) is 0 Å². The number of aromatic amines is 1. The Labute approximate surface area is 89.7 Å². The summed E-state index contributed by atoms with van der Waals surface area (Å²) in [5, 5.41) is 6.66. The molecule has 0 atom stereocenters. The minimum absolute atomic E-state index is 0.214. The molecule has 0 aliphatic carbocycles. The monoisotopic (exact) mass is 207 g/mol. The summed E-state index contributed by atoms with van der Waals surface area (Å²) in [7, 11) is 0. The molecule has 1 aromatic rings. The van der Waals surface area contributed by atoms with Gasteiger partial charge in [0.2, 0.25) is 5.91 Å². The van der Waals surface area contributed by atoms with Crippen molar-refractivity contribution in [2.24, 2.45) is 5.92 Å². The van der Waals surface area contributed by atoms with E-state index in [1.807, 2.05) is 11.0 Å². The van der Waals surface area contributed by atoms with Crippen molar-refractivity contribution in [1.29, 1.82) is 0 Å². The summed E-state index contributed by atoms with van der Waals surface area (Å²) in [6, 6.07) is 1.85. The molecule has 4 nitrogen and oxygen atoms in total. The molecule has 0 aromatic carbocycles. The van der Waals surface area contributed by atoms with Crippen molar-refractivity contribution in [3.8, 4) is 0 Å². The highest BCUT2D eigenvalue weighted by atomic mass is 16.2. The second kappa shape index (κ2) is 4.47. The second-order valence-electron chi connectivity index (χ2n) is 4.32. The fourth-order valence-corrected chi connectivity index (χ4v) is 1.92. The first kappa shape index (κ1) is 10.2. The topological polar surface area (TPSA) is 49.0 Å². The molecule has 0 bridgehead atoms. The molecule has 0 saturated carbocycles. The maximum atomic E-state index is 11.9. The highest BCUT2D eigenvalue weighted by molar-refractivity contribution is 5.78. The van der Waals surface area contributed by atoms with Crippen LogP contribution >= 0.6 is 0 Å². The normalized spacial score (nSPS) is 18.1. The van der Waals surface area contributed by atoms with Crippen LogP contribution in [0.15, 0.2) is 12.3 Å². The average molecular weight is 207 g/mol. The van der Waals surface area contributed by atoms with Crippen LogP contribution in [0, 0.1) is 5.92 Å². The van der Waals surface area contributed by atoms with Crippen LogP contribution in [-0.4, -0.2) is 34.1 Å². The first-order valence-corrected chi connectivity index (χ1v) is 5.51. The van der Waals surface area contributed by atoms with Crippen molar-refractivity contribution >= 4 is 5.91 Å². The summed E-state index contributed by atoms with van der Waals surface area (Å²) in [5.41, 5.74) is 0.902. The van der Waals surface area contributed by atoms with E-state index in [2.05, 4.69) is 17.1 Å². The van der Waals surface area contributed by atoms with Crippen LogP contribution in [0.3, 0.4) is 0 Å². The van der Waals surface area contributed by atoms with Crippen LogP contribution in [0.25, 0.3) is 0 Å². The van der Waals surface area contributed by atoms with Crippen molar-refractivity contribution in [1.82, 2.24) is 15.1 Å². The lowest BCUT2D eigenvalue weighted by atomic mass is 9.99. The lowest BCUT2D eigenvalue weighted by molar-refractivity contribution is -0.131. The minimum Gasteiger partial charge on any atom is -0.342 e. The number of rotatable bonds is 2. The molecule has 82 valence electrons. The Balaban J connectivity index is 1.86. The zero-order valence-corrected chi connectivity index (χ0v) is 9.07. The van der Waals surface area contributed by atoms with E-state index in [0.29, 0.717) is 6.42 Å². The second-order valence-corrected chi connectivity index (χ2v) is 4.32. The zero-order chi connectivity index (χ0) is 10.7. The Morgan fingerprint density at radius 2 is 2.33 bits per heavy atom. The van der Waals surface area contributed by atoms with E-state index in [1.165, 1.54) is 0 Å². The number of nitrogens with one attached hydrogen (secondary N) is 1. The number of nitrogens with zero attached hydrogens (tertiary/aromatic N) is 2. The van der Waals surface area contributed by atoms with E-state index in [-0.39, 0.29) is 5.91 Å². The SMILES string of the molecule is CC1CCN(C(=O)Cc2ccn[nH]2)CC1. The molecule has 1 saturated heterocycles. The number of hydrogen-bond acceptors (Lipinski definition) is 2. The summed E-state index contributed by atoms with van der Waals surface area (Å²) in [5.74, 6) is 0.979. The van der Waals surface area contributed by atoms with E-state index >= 15 is 0 Å². The largest absolute Gasteiger partial charge is 0.342 e. The molecule has 2 heterocycles. The Bertz CT molecular complexity index is 313. The lowest BCUT2D eigenvalue weighted by Crippen LogP contribution is -2.38. The minimum atomic E-state index is 0.214. The fraction of sp³-hybridized carbons (Fsp3) is 0.636. The van der Waals surface area contributed by atoms with Gasteiger partial charge in [-0.2, -0.15) is 5.10 Å². The number of hydrogen-bond donors (Lipinski definition) is 1. The molecule has 0 radical (unpaired) electrons. The summed E-state index contributed by atoms with van der Waals surface area (Å²) in [6.45, 7) is 4.07. The first-order chi connectivity index (χ1) is 7.25. The quantitative estimate of drug-likeness (QED) is 0.792. The number of piperidine rings is 1. The molecular weight excluding hydrogens is 190 g/mol. The van der Waals surface area contributed by atoms with Gasteiger partial charge in [-0.05, 0) is 24.8 Å². The third-order valence-electron chi connectivity index (χ3n) is 3.04. The van der Waals surface area contributed by atoms with Crippen LogP contribution in [0.1, 0.15) is 25.5 Å². The van der Waals surface area contributed by atoms with Crippen molar-refractivity contribution in [2.45, 2.75) is 26.2 Å². The fourth-order valence-electron chi connectivity index (χ4n) is 1.92. The van der Waals surface area contributed by atoms with Gasteiger partial charge in [0.25, 0.3) is 0 Å². The van der Waals surface area contributed by atoms with Crippen molar-refractivity contribution in [3.05, 3.63) is 18.0 Å². The molecule has 1 aliphatic heterocycles. The van der Waals surface area contributed by atoms with Gasteiger partial charge < -0.3 is 4.90 Å². The van der Waals surface area contributed by atoms with Gasteiger partial charge in [-0.15, -0.1) is 0 Å². The number of carbonyl (C=O) groups excluding carboxylic acids is 1. The van der Waals surface area contributed by atoms with Gasteiger partial charge >= 0.3 is 0 Å². The number of H-pyrrole nitrogens is 1. The molecule has 1 aromatic heterocycles. The predicted molar refractivity (Wildman–Crippen MR) is 57.3 cm³/mol. The van der Waals surface area contributed by atoms with E-state index in [4.69, 9.17) is 0 Å². The van der Waals surface area contributed by atoms with Gasteiger partial charge in [-0.3, -0.25) is 9.89 Å². The summed E-state index contributed by atoms with van der Waals surface area (Å²) in [4.78, 5) is 13.8. The van der Waals surface area contributed by atoms with Gasteiger partial charge in [0.05, 0.1) is 6.42 Å². The third-order valence-corrected chi connectivity index (χ3v) is 3.04. The van der Waals surface area contributed by atoms with Crippen molar-refractivity contribution in [3.63, 3.8) is 0 Å². The van der Waals surface area contributed by atoms with E-state index in [1.54, 1.807) is 6.20 Å². The van der Waals surface area contributed by atoms with Gasteiger partial charge in [-0.25, -0.2) is 0 Å². The highest BCUT2D eigenvalue weighted by Gasteiger charge is 2.20. The van der Waals surface area contributed by atoms with Crippen LogP contribution in [0.4, 0.5) is 0 Å². The summed E-state index contributed by atoms with van der Waals surface area (Å²) < 4.78 is 0. The molecule has 2 rings (SSSR count). The summed E-state index contributed by atoms with van der Waals surface area (Å²) in [6.07, 6.45) is 4.40. The molecule has 1 fully saturated rings. The van der Waals surface area contributed by atoms with Crippen LogP contribution in [-0.2, 0) is 11.2 Å². The number of aromatic nitrogens is 2. The molecule has 15 heavy (non-hydrogen) atoms.